The number of hydrogen-bond donors (Lipinski definition) is 0. The van der Waals surface area contributed by atoms with Gasteiger partial charge in [-0.3, -0.25) is 0 Å². The van der Waals surface area contributed by atoms with E-state index in [2.05, 4.69) is 0 Å². The van der Waals surface area contributed by atoms with Crippen LogP contribution in [0.15, 0.2) is 18.2 Å². The predicted octanol–water partition coefficient (Wildman–Crippen LogP) is 2.47. The van der Waals surface area contributed by atoms with Crippen LogP contribution in [-0.4, -0.2) is 20.5 Å². The number of methoxy groups -OCH3 is 2. The molecule has 0 aromatic heterocycles. The molecule has 0 saturated carbocycles. The second kappa shape index (κ2) is 7.85. The Bertz CT molecular complexity index is 295. The Balaban J connectivity index is 0.000000921. The Morgan fingerprint density at radius 1 is 1.20 bits per heavy atom. The molecule has 0 bridgehead atoms. The molecular formula is C12H18O3. The van der Waals surface area contributed by atoms with Gasteiger partial charge in [0.1, 0.15) is 17.8 Å². The van der Waals surface area contributed by atoms with E-state index >= 15 is 0 Å². The molecule has 0 heterocycles. The Labute approximate surface area is 91.0 Å². The highest BCUT2D eigenvalue weighted by atomic mass is 16.5. The monoisotopic (exact) mass is 210 g/mol. The number of benzene rings is 1. The zero-order valence-corrected chi connectivity index (χ0v) is 9.74. The molecule has 3 heteroatoms. The van der Waals surface area contributed by atoms with Crippen molar-refractivity contribution >= 4 is 6.29 Å². The Hall–Kier alpha value is -1.51. The average molecular weight is 210 g/mol. The molecule has 3 nitrogen and oxygen atoms in total. The quantitative estimate of drug-likeness (QED) is 0.716. The zero-order valence-electron chi connectivity index (χ0n) is 9.74. The van der Waals surface area contributed by atoms with Gasteiger partial charge in [-0.2, -0.15) is 0 Å². The van der Waals surface area contributed by atoms with Crippen LogP contribution in [0, 0.1) is 0 Å². The normalized spacial score (nSPS) is 8.53. The zero-order chi connectivity index (χ0) is 11.7. The lowest BCUT2D eigenvalue weighted by atomic mass is 10.1. The van der Waals surface area contributed by atoms with Crippen LogP contribution in [0.5, 0.6) is 11.5 Å². The van der Waals surface area contributed by atoms with Gasteiger partial charge in [-0.05, 0) is 18.2 Å². The fourth-order valence-electron chi connectivity index (χ4n) is 1.13. The van der Waals surface area contributed by atoms with Crippen LogP contribution in [-0.2, 0) is 11.2 Å². The second-order valence-electron chi connectivity index (χ2n) is 2.55. The van der Waals surface area contributed by atoms with Gasteiger partial charge in [0.05, 0.1) is 14.2 Å². The van der Waals surface area contributed by atoms with E-state index in [1.54, 1.807) is 32.4 Å². The first-order valence-electron chi connectivity index (χ1n) is 4.96. The van der Waals surface area contributed by atoms with Crippen LogP contribution in [0.1, 0.15) is 19.4 Å². The van der Waals surface area contributed by atoms with Crippen LogP contribution in [0.3, 0.4) is 0 Å². The minimum absolute atomic E-state index is 0.348. The molecule has 0 aliphatic rings. The van der Waals surface area contributed by atoms with E-state index in [0.29, 0.717) is 12.2 Å². The average Bonchev–Trinajstić information content (AvgIpc) is 2.32. The van der Waals surface area contributed by atoms with Crippen LogP contribution in [0.25, 0.3) is 0 Å². The summed E-state index contributed by atoms with van der Waals surface area (Å²) in [6, 6.07) is 5.39. The summed E-state index contributed by atoms with van der Waals surface area (Å²) >= 11 is 0. The van der Waals surface area contributed by atoms with E-state index in [0.717, 1.165) is 17.6 Å². The minimum Gasteiger partial charge on any atom is -0.497 e. The third-order valence-electron chi connectivity index (χ3n) is 1.79. The van der Waals surface area contributed by atoms with E-state index in [4.69, 9.17) is 9.47 Å². The van der Waals surface area contributed by atoms with Gasteiger partial charge < -0.3 is 14.3 Å². The van der Waals surface area contributed by atoms with Crippen molar-refractivity contribution in [2.75, 3.05) is 14.2 Å². The van der Waals surface area contributed by atoms with E-state index in [1.165, 1.54) is 0 Å². The van der Waals surface area contributed by atoms with Crippen molar-refractivity contribution < 1.29 is 14.3 Å². The summed E-state index contributed by atoms with van der Waals surface area (Å²) in [5.41, 5.74) is 0.844. The first kappa shape index (κ1) is 13.5. The van der Waals surface area contributed by atoms with Gasteiger partial charge in [-0.15, -0.1) is 0 Å². The topological polar surface area (TPSA) is 35.5 Å². The third kappa shape index (κ3) is 4.02. The summed E-state index contributed by atoms with van der Waals surface area (Å²) in [5.74, 6) is 1.45. The van der Waals surface area contributed by atoms with E-state index in [-0.39, 0.29) is 0 Å². The van der Waals surface area contributed by atoms with Gasteiger partial charge >= 0.3 is 0 Å². The molecular weight excluding hydrogens is 192 g/mol. The Morgan fingerprint density at radius 2 is 1.87 bits per heavy atom. The Morgan fingerprint density at radius 3 is 2.33 bits per heavy atom. The number of carbonyl (C=O) groups excluding carboxylic acids is 1. The van der Waals surface area contributed by atoms with Gasteiger partial charge in [0, 0.05) is 12.0 Å². The lowest BCUT2D eigenvalue weighted by Gasteiger charge is -2.07. The van der Waals surface area contributed by atoms with Gasteiger partial charge in [0.25, 0.3) is 0 Å². The highest BCUT2D eigenvalue weighted by Crippen LogP contribution is 2.23. The molecule has 0 spiro atoms. The lowest BCUT2D eigenvalue weighted by molar-refractivity contribution is -0.107. The maximum absolute atomic E-state index is 10.3. The molecule has 15 heavy (non-hydrogen) atoms. The first-order chi connectivity index (χ1) is 7.31. The van der Waals surface area contributed by atoms with Gasteiger partial charge in [0.15, 0.2) is 0 Å². The van der Waals surface area contributed by atoms with Crippen LogP contribution in [0.2, 0.25) is 0 Å². The van der Waals surface area contributed by atoms with Crippen LogP contribution >= 0.6 is 0 Å². The fourth-order valence-corrected chi connectivity index (χ4v) is 1.13. The van der Waals surface area contributed by atoms with E-state index < -0.39 is 0 Å². The summed E-state index contributed by atoms with van der Waals surface area (Å²) in [5, 5.41) is 0. The Kier molecular flexibility index (Phi) is 7.06. The van der Waals surface area contributed by atoms with Crippen molar-refractivity contribution in [3.63, 3.8) is 0 Å². The van der Waals surface area contributed by atoms with Crippen molar-refractivity contribution in [2.45, 2.75) is 20.3 Å². The maximum Gasteiger partial charge on any atom is 0.124 e. The minimum atomic E-state index is 0.348. The van der Waals surface area contributed by atoms with E-state index in [9.17, 15) is 4.79 Å². The summed E-state index contributed by atoms with van der Waals surface area (Å²) < 4.78 is 10.1. The summed E-state index contributed by atoms with van der Waals surface area (Å²) in [6.07, 6.45) is 1.19. The second-order valence-corrected chi connectivity index (χ2v) is 2.55. The van der Waals surface area contributed by atoms with Gasteiger partial charge in [0.2, 0.25) is 0 Å². The molecule has 0 saturated heterocycles. The SMILES string of the molecule is CC.COc1ccc(OC)c(CC=O)c1. The number of carbonyl (C=O) groups is 1. The van der Waals surface area contributed by atoms with Crippen LogP contribution < -0.4 is 9.47 Å². The molecule has 84 valence electrons. The van der Waals surface area contributed by atoms with Gasteiger partial charge in [-0.25, -0.2) is 0 Å². The molecule has 1 rings (SSSR count). The molecule has 1 aromatic rings. The molecule has 0 unspecified atom stereocenters. The van der Waals surface area contributed by atoms with Gasteiger partial charge in [-0.1, -0.05) is 13.8 Å². The highest BCUT2D eigenvalue weighted by molar-refractivity contribution is 5.58. The fraction of sp³-hybridized carbons (Fsp3) is 0.417. The third-order valence-corrected chi connectivity index (χ3v) is 1.79. The standard InChI is InChI=1S/C10H12O3.C2H6/c1-12-9-3-4-10(13-2)8(7-9)5-6-11;1-2/h3-4,6-7H,5H2,1-2H3;1-2H3. The summed E-state index contributed by atoms with van der Waals surface area (Å²) in [4.78, 5) is 10.3. The summed E-state index contributed by atoms with van der Waals surface area (Å²) in [6.45, 7) is 4.00. The van der Waals surface area contributed by atoms with Crippen molar-refractivity contribution in [3.05, 3.63) is 23.8 Å². The van der Waals surface area contributed by atoms with Crippen molar-refractivity contribution in [2.24, 2.45) is 0 Å². The molecule has 0 atom stereocenters. The first-order valence-corrected chi connectivity index (χ1v) is 4.96. The molecule has 0 aliphatic carbocycles. The number of ether oxygens (including phenoxy) is 2. The molecule has 0 aliphatic heterocycles. The number of rotatable bonds is 4. The lowest BCUT2D eigenvalue weighted by Crippen LogP contribution is -1.94. The van der Waals surface area contributed by atoms with E-state index in [1.807, 2.05) is 13.8 Å². The van der Waals surface area contributed by atoms with Crippen molar-refractivity contribution in [1.29, 1.82) is 0 Å². The molecule has 1 aromatic carbocycles. The molecule has 0 radical (unpaired) electrons. The van der Waals surface area contributed by atoms with Crippen molar-refractivity contribution in [1.82, 2.24) is 0 Å². The molecule has 0 N–H and O–H groups in total. The number of hydrogen-bond acceptors (Lipinski definition) is 3. The molecule has 0 amide bonds. The van der Waals surface area contributed by atoms with Crippen LogP contribution in [0.4, 0.5) is 0 Å². The van der Waals surface area contributed by atoms with Crippen molar-refractivity contribution in [3.8, 4) is 11.5 Å². The molecule has 0 fully saturated rings. The smallest absolute Gasteiger partial charge is 0.124 e. The summed E-state index contributed by atoms with van der Waals surface area (Å²) in [7, 11) is 3.17. The maximum atomic E-state index is 10.3. The largest absolute Gasteiger partial charge is 0.497 e. The number of aldehydes is 1. The predicted molar refractivity (Wildman–Crippen MR) is 60.7 cm³/mol. The highest BCUT2D eigenvalue weighted by Gasteiger charge is 2.03.